The van der Waals surface area contributed by atoms with Crippen molar-refractivity contribution in [2.75, 3.05) is 13.7 Å². The Kier molecular flexibility index (Phi) is 5.79. The lowest BCUT2D eigenvalue weighted by atomic mass is 9.99. The zero-order valence-electron chi connectivity index (χ0n) is 25.6. The Morgan fingerprint density at radius 3 is 2.62 bits per heavy atom. The monoisotopic (exact) mass is 600 g/mol. The van der Waals surface area contributed by atoms with E-state index in [1.807, 2.05) is 29.2 Å². The number of likely N-dealkylation sites (tertiary alicyclic amines) is 1. The quantitative estimate of drug-likeness (QED) is 0.240. The van der Waals surface area contributed by atoms with Crippen molar-refractivity contribution in [1.82, 2.24) is 14.8 Å². The first-order valence-corrected chi connectivity index (χ1v) is 16.1. The van der Waals surface area contributed by atoms with Gasteiger partial charge in [0.2, 0.25) is 0 Å². The molecule has 2 saturated carbocycles. The topological polar surface area (TPSA) is 103 Å². The number of carbonyl (C=O) groups is 2. The molecule has 9 rings (SSSR count). The van der Waals surface area contributed by atoms with Gasteiger partial charge in [0.05, 0.1) is 18.2 Å². The Labute approximate surface area is 261 Å². The van der Waals surface area contributed by atoms with Gasteiger partial charge >= 0.3 is 0 Å². The van der Waals surface area contributed by atoms with E-state index in [0.717, 1.165) is 81.5 Å². The van der Waals surface area contributed by atoms with Gasteiger partial charge in [0.25, 0.3) is 11.8 Å². The van der Waals surface area contributed by atoms with Gasteiger partial charge in [0, 0.05) is 59.3 Å². The van der Waals surface area contributed by atoms with Gasteiger partial charge < -0.3 is 29.7 Å². The number of benzene rings is 3. The van der Waals surface area contributed by atoms with Gasteiger partial charge in [-0.1, -0.05) is 18.2 Å². The van der Waals surface area contributed by atoms with Gasteiger partial charge in [-0.15, -0.1) is 0 Å². The fourth-order valence-corrected chi connectivity index (χ4v) is 8.11. The van der Waals surface area contributed by atoms with E-state index in [0.29, 0.717) is 35.3 Å². The van der Waals surface area contributed by atoms with Crippen LogP contribution in [0.5, 0.6) is 5.75 Å². The van der Waals surface area contributed by atoms with E-state index >= 15 is 0 Å². The molecule has 3 fully saturated rings. The third kappa shape index (κ3) is 4.08. The minimum atomic E-state index is -0.00414. The molecule has 3 aromatic carbocycles. The highest BCUT2D eigenvalue weighted by molar-refractivity contribution is 6.03. The number of fused-ring (bicyclic) bond motifs is 5. The Hall–Kier alpha value is -4.56. The highest BCUT2D eigenvalue weighted by Crippen LogP contribution is 2.44. The van der Waals surface area contributed by atoms with Gasteiger partial charge in [-0.2, -0.15) is 0 Å². The number of nitrogens with one attached hydrogen (secondary N) is 1. The lowest BCUT2D eigenvalue weighted by Crippen LogP contribution is -2.41. The maximum absolute atomic E-state index is 13.7. The van der Waals surface area contributed by atoms with Crippen molar-refractivity contribution < 1.29 is 18.7 Å². The molecule has 4 heterocycles. The van der Waals surface area contributed by atoms with E-state index in [2.05, 4.69) is 47.1 Å². The third-order valence-corrected chi connectivity index (χ3v) is 10.8. The molecule has 2 bridgehead atoms. The standard InChI is InChI=1S/C37H36N4O4/c1-19-33-31(44-2)14-25(37(43)41-18-24-8-10-28(41)34(24)38)15-32(33)45-35(19)30-13-23-6-5-22(12-29(23)40(30)17-20-3-4-20)21-7-9-27-26(11-21)16-39-36(27)42/h5-7,9,11-15,20,24,28,34H,3-4,8,10,16-18,38H2,1-2H3,(H,39,42). The zero-order valence-corrected chi connectivity index (χ0v) is 25.6. The summed E-state index contributed by atoms with van der Waals surface area (Å²) in [6.07, 6.45) is 4.52. The van der Waals surface area contributed by atoms with Crippen LogP contribution in [0.15, 0.2) is 59.0 Å². The molecule has 1 saturated heterocycles. The first-order chi connectivity index (χ1) is 21.9. The number of hydrogen-bond donors (Lipinski definition) is 2. The second kappa shape index (κ2) is 9.72. The second-order valence-electron chi connectivity index (χ2n) is 13.5. The second-order valence-corrected chi connectivity index (χ2v) is 13.5. The van der Waals surface area contributed by atoms with E-state index in [1.54, 1.807) is 7.11 Å². The van der Waals surface area contributed by atoms with Crippen LogP contribution < -0.4 is 15.8 Å². The first kappa shape index (κ1) is 26.8. The Morgan fingerprint density at radius 1 is 1.04 bits per heavy atom. The van der Waals surface area contributed by atoms with Crippen LogP contribution in [-0.4, -0.2) is 47.0 Å². The summed E-state index contributed by atoms with van der Waals surface area (Å²) >= 11 is 0. The summed E-state index contributed by atoms with van der Waals surface area (Å²) in [5, 5.41) is 4.97. The van der Waals surface area contributed by atoms with Crippen LogP contribution in [0.25, 0.3) is 44.5 Å². The number of rotatable bonds is 6. The number of aryl methyl sites for hydroxylation is 1. The number of aromatic nitrogens is 1. The van der Waals surface area contributed by atoms with E-state index in [1.165, 1.54) is 12.8 Å². The van der Waals surface area contributed by atoms with Crippen LogP contribution in [-0.2, 0) is 13.1 Å². The number of hydrogen-bond acceptors (Lipinski definition) is 5. The molecule has 4 aliphatic rings. The van der Waals surface area contributed by atoms with E-state index in [-0.39, 0.29) is 23.9 Å². The molecular weight excluding hydrogens is 564 g/mol. The Balaban J connectivity index is 1.15. The number of nitrogens with zero attached hydrogens (tertiary/aromatic N) is 2. The van der Waals surface area contributed by atoms with Gasteiger partial charge in [-0.25, -0.2) is 0 Å². The van der Waals surface area contributed by atoms with E-state index < -0.39 is 0 Å². The smallest absolute Gasteiger partial charge is 0.254 e. The summed E-state index contributed by atoms with van der Waals surface area (Å²) in [5.74, 6) is 2.47. The van der Waals surface area contributed by atoms with Gasteiger partial charge in [-0.05, 0) is 97.5 Å². The number of ether oxygens (including phenoxy) is 1. The largest absolute Gasteiger partial charge is 0.496 e. The van der Waals surface area contributed by atoms with Crippen molar-refractivity contribution in [3.63, 3.8) is 0 Å². The molecule has 2 aromatic heterocycles. The van der Waals surface area contributed by atoms with Crippen LogP contribution in [0, 0.1) is 18.8 Å². The first-order valence-electron chi connectivity index (χ1n) is 16.1. The van der Waals surface area contributed by atoms with Crippen LogP contribution >= 0.6 is 0 Å². The molecule has 0 radical (unpaired) electrons. The molecule has 2 amide bonds. The number of furan rings is 1. The molecule has 2 aliphatic heterocycles. The van der Waals surface area contributed by atoms with Crippen molar-refractivity contribution in [2.45, 2.75) is 57.8 Å². The van der Waals surface area contributed by atoms with Crippen LogP contribution in [0.4, 0.5) is 0 Å². The summed E-state index contributed by atoms with van der Waals surface area (Å²) < 4.78 is 15.0. The molecule has 5 aromatic rings. The fourth-order valence-electron chi connectivity index (χ4n) is 8.11. The maximum atomic E-state index is 13.7. The predicted octanol–water partition coefficient (Wildman–Crippen LogP) is 6.25. The summed E-state index contributed by atoms with van der Waals surface area (Å²) in [5.41, 5.74) is 14.9. The average molecular weight is 601 g/mol. The number of methoxy groups -OCH3 is 1. The highest BCUT2D eigenvalue weighted by Gasteiger charge is 2.47. The number of nitrogens with two attached hydrogens (primary N) is 1. The molecule has 228 valence electrons. The summed E-state index contributed by atoms with van der Waals surface area (Å²) in [6, 6.07) is 18.8. The number of carbonyl (C=O) groups excluding carboxylic acids is 2. The third-order valence-electron chi connectivity index (χ3n) is 10.8. The van der Waals surface area contributed by atoms with E-state index in [4.69, 9.17) is 14.9 Å². The number of amides is 2. The summed E-state index contributed by atoms with van der Waals surface area (Å²) in [6.45, 7) is 4.28. The SMILES string of the molecule is COc1cc(C(=O)N2CC3CCC2C3N)cc2oc(-c3cc4ccc(-c5ccc6c(c5)CNC6=O)cc4n3CC3CC3)c(C)c12. The van der Waals surface area contributed by atoms with Gasteiger partial charge in [-0.3, -0.25) is 9.59 Å². The van der Waals surface area contributed by atoms with Crippen LogP contribution in [0.2, 0.25) is 0 Å². The molecule has 8 nitrogen and oxygen atoms in total. The minimum Gasteiger partial charge on any atom is -0.496 e. The van der Waals surface area contributed by atoms with E-state index in [9.17, 15) is 9.59 Å². The molecule has 45 heavy (non-hydrogen) atoms. The van der Waals surface area contributed by atoms with Gasteiger partial charge in [0.1, 0.15) is 11.3 Å². The summed E-state index contributed by atoms with van der Waals surface area (Å²) in [4.78, 5) is 27.8. The highest BCUT2D eigenvalue weighted by atomic mass is 16.5. The molecular formula is C37H36N4O4. The predicted molar refractivity (Wildman–Crippen MR) is 173 cm³/mol. The van der Waals surface area contributed by atoms with Gasteiger partial charge in [0.15, 0.2) is 5.76 Å². The lowest BCUT2D eigenvalue weighted by Gasteiger charge is -2.27. The molecule has 2 aliphatic carbocycles. The molecule has 3 N–H and O–H groups in total. The minimum absolute atomic E-state index is 0.00322. The molecule has 8 heteroatoms. The molecule has 3 unspecified atom stereocenters. The molecule has 3 atom stereocenters. The van der Waals surface area contributed by atoms with Crippen molar-refractivity contribution in [3.8, 4) is 28.3 Å². The normalized spacial score (nSPS) is 22.1. The van der Waals surface area contributed by atoms with Crippen molar-refractivity contribution in [2.24, 2.45) is 17.6 Å². The maximum Gasteiger partial charge on any atom is 0.254 e. The Bertz CT molecular complexity index is 2070. The zero-order chi connectivity index (χ0) is 30.6. The molecule has 0 spiro atoms. The summed E-state index contributed by atoms with van der Waals surface area (Å²) in [7, 11) is 1.65. The lowest BCUT2D eigenvalue weighted by molar-refractivity contribution is 0.0700. The fraction of sp³-hybridized carbons (Fsp3) is 0.351. The average Bonchev–Trinajstić information content (AvgIpc) is 3.26. The van der Waals surface area contributed by atoms with Crippen molar-refractivity contribution in [3.05, 3.63) is 76.9 Å². The van der Waals surface area contributed by atoms with Crippen LogP contribution in [0.3, 0.4) is 0 Å². The van der Waals surface area contributed by atoms with Crippen LogP contribution in [0.1, 0.15) is 57.5 Å². The Morgan fingerprint density at radius 2 is 1.87 bits per heavy atom. The number of piperidine rings is 1. The van der Waals surface area contributed by atoms with Crippen molar-refractivity contribution in [1.29, 1.82) is 0 Å². The van der Waals surface area contributed by atoms with Crippen molar-refractivity contribution >= 4 is 33.7 Å².